The quantitative estimate of drug-likeness (QED) is 0.907. The minimum absolute atomic E-state index is 0. The van der Waals surface area contributed by atoms with Gasteiger partial charge in [-0.05, 0) is 23.1 Å². The Bertz CT molecular complexity index is 361. The molecular formula is C13H22ClNO2. The molecule has 0 aliphatic carbocycles. The number of rotatable bonds is 3. The molecule has 1 rings (SSSR count). The van der Waals surface area contributed by atoms with Gasteiger partial charge in [0.1, 0.15) is 0 Å². The van der Waals surface area contributed by atoms with Crippen molar-refractivity contribution in [1.29, 1.82) is 0 Å². The van der Waals surface area contributed by atoms with Crippen molar-refractivity contribution in [3.8, 4) is 11.5 Å². The molecule has 0 saturated carbocycles. The van der Waals surface area contributed by atoms with Gasteiger partial charge in [-0.2, -0.15) is 0 Å². The molecule has 0 aliphatic rings. The first-order valence-corrected chi connectivity index (χ1v) is 5.37. The number of halogens is 1. The Morgan fingerprint density at radius 2 is 1.59 bits per heavy atom. The second kappa shape index (κ2) is 6.12. The van der Waals surface area contributed by atoms with Gasteiger partial charge in [0, 0.05) is 6.04 Å². The van der Waals surface area contributed by atoms with E-state index >= 15 is 0 Å². The van der Waals surface area contributed by atoms with Gasteiger partial charge < -0.3 is 15.2 Å². The van der Waals surface area contributed by atoms with Crippen LogP contribution < -0.4 is 15.2 Å². The molecule has 17 heavy (non-hydrogen) atoms. The van der Waals surface area contributed by atoms with Crippen molar-refractivity contribution >= 4 is 12.4 Å². The average molecular weight is 260 g/mol. The van der Waals surface area contributed by atoms with E-state index in [2.05, 4.69) is 20.8 Å². The Morgan fingerprint density at radius 1 is 1.06 bits per heavy atom. The number of hydrogen-bond acceptors (Lipinski definition) is 3. The minimum atomic E-state index is -0.0210. The van der Waals surface area contributed by atoms with Crippen LogP contribution >= 0.6 is 12.4 Å². The summed E-state index contributed by atoms with van der Waals surface area (Å²) in [6, 6.07) is 5.79. The van der Waals surface area contributed by atoms with Gasteiger partial charge in [-0.1, -0.05) is 26.8 Å². The first-order valence-electron chi connectivity index (χ1n) is 5.37. The number of nitrogens with two attached hydrogens (primary N) is 1. The van der Waals surface area contributed by atoms with Crippen LogP contribution in [-0.2, 0) is 0 Å². The maximum Gasteiger partial charge on any atom is 0.161 e. The fourth-order valence-corrected chi connectivity index (χ4v) is 1.55. The Morgan fingerprint density at radius 3 is 2.00 bits per heavy atom. The van der Waals surface area contributed by atoms with Crippen molar-refractivity contribution in [3.63, 3.8) is 0 Å². The van der Waals surface area contributed by atoms with Crippen LogP contribution in [0.1, 0.15) is 32.4 Å². The Hall–Kier alpha value is -0.930. The number of hydrogen-bond donors (Lipinski definition) is 1. The largest absolute Gasteiger partial charge is 0.493 e. The number of ether oxygens (including phenoxy) is 2. The fraction of sp³-hybridized carbons (Fsp3) is 0.538. The summed E-state index contributed by atoms with van der Waals surface area (Å²) in [6.45, 7) is 6.36. The van der Waals surface area contributed by atoms with E-state index in [1.54, 1.807) is 14.2 Å². The molecule has 1 atom stereocenters. The highest BCUT2D eigenvalue weighted by atomic mass is 35.5. The number of benzene rings is 1. The average Bonchev–Trinajstić information content (AvgIpc) is 2.25. The lowest BCUT2D eigenvalue weighted by Crippen LogP contribution is -2.26. The molecule has 1 aromatic rings. The smallest absolute Gasteiger partial charge is 0.161 e. The van der Waals surface area contributed by atoms with Crippen LogP contribution in [0.3, 0.4) is 0 Å². The molecule has 0 amide bonds. The molecule has 0 heterocycles. The summed E-state index contributed by atoms with van der Waals surface area (Å²) in [4.78, 5) is 0. The van der Waals surface area contributed by atoms with Gasteiger partial charge >= 0.3 is 0 Å². The van der Waals surface area contributed by atoms with E-state index < -0.39 is 0 Å². The first kappa shape index (κ1) is 16.1. The number of methoxy groups -OCH3 is 2. The third kappa shape index (κ3) is 3.79. The van der Waals surface area contributed by atoms with Gasteiger partial charge in [0.15, 0.2) is 11.5 Å². The zero-order valence-electron chi connectivity index (χ0n) is 11.1. The summed E-state index contributed by atoms with van der Waals surface area (Å²) >= 11 is 0. The summed E-state index contributed by atoms with van der Waals surface area (Å²) in [5.41, 5.74) is 7.28. The van der Waals surface area contributed by atoms with Crippen LogP contribution in [0.5, 0.6) is 11.5 Å². The van der Waals surface area contributed by atoms with Crippen LogP contribution in [0.4, 0.5) is 0 Å². The van der Waals surface area contributed by atoms with E-state index in [1.165, 1.54) is 0 Å². The maximum atomic E-state index is 6.19. The van der Waals surface area contributed by atoms with E-state index in [-0.39, 0.29) is 23.9 Å². The SMILES string of the molecule is COc1ccc(C(N)C(C)(C)C)cc1OC.Cl. The molecule has 4 heteroatoms. The zero-order valence-corrected chi connectivity index (χ0v) is 11.9. The van der Waals surface area contributed by atoms with Crippen LogP contribution in [0.2, 0.25) is 0 Å². The summed E-state index contributed by atoms with van der Waals surface area (Å²) in [5, 5.41) is 0. The highest BCUT2D eigenvalue weighted by Gasteiger charge is 2.23. The molecule has 0 bridgehead atoms. The van der Waals surface area contributed by atoms with E-state index in [0.29, 0.717) is 0 Å². The van der Waals surface area contributed by atoms with Gasteiger partial charge in [0.2, 0.25) is 0 Å². The molecule has 1 unspecified atom stereocenters. The lowest BCUT2D eigenvalue weighted by atomic mass is 9.83. The molecule has 0 fully saturated rings. The van der Waals surface area contributed by atoms with E-state index in [0.717, 1.165) is 17.1 Å². The second-order valence-corrected chi connectivity index (χ2v) is 4.96. The maximum absolute atomic E-state index is 6.19. The fourth-order valence-electron chi connectivity index (χ4n) is 1.55. The van der Waals surface area contributed by atoms with Crippen molar-refractivity contribution in [3.05, 3.63) is 23.8 Å². The van der Waals surface area contributed by atoms with Crippen LogP contribution in [0.25, 0.3) is 0 Å². The summed E-state index contributed by atoms with van der Waals surface area (Å²) in [5.74, 6) is 1.45. The zero-order chi connectivity index (χ0) is 12.3. The monoisotopic (exact) mass is 259 g/mol. The van der Waals surface area contributed by atoms with Crippen molar-refractivity contribution in [2.24, 2.45) is 11.1 Å². The van der Waals surface area contributed by atoms with Crippen LogP contribution in [-0.4, -0.2) is 14.2 Å². The lowest BCUT2D eigenvalue weighted by Gasteiger charge is -2.27. The van der Waals surface area contributed by atoms with Gasteiger partial charge in [-0.3, -0.25) is 0 Å². The molecule has 0 radical (unpaired) electrons. The van der Waals surface area contributed by atoms with Crippen molar-refractivity contribution in [1.82, 2.24) is 0 Å². The highest BCUT2D eigenvalue weighted by molar-refractivity contribution is 5.85. The van der Waals surface area contributed by atoms with Crippen molar-refractivity contribution in [2.75, 3.05) is 14.2 Å². The van der Waals surface area contributed by atoms with Crippen molar-refractivity contribution < 1.29 is 9.47 Å². The molecule has 0 aliphatic heterocycles. The summed E-state index contributed by atoms with van der Waals surface area (Å²) in [7, 11) is 3.26. The van der Waals surface area contributed by atoms with Gasteiger partial charge in [0.25, 0.3) is 0 Å². The topological polar surface area (TPSA) is 44.5 Å². The highest BCUT2D eigenvalue weighted by Crippen LogP contribution is 2.35. The molecule has 98 valence electrons. The molecule has 0 saturated heterocycles. The second-order valence-electron chi connectivity index (χ2n) is 4.96. The lowest BCUT2D eigenvalue weighted by molar-refractivity contribution is 0.322. The molecule has 3 nitrogen and oxygen atoms in total. The molecule has 1 aromatic carbocycles. The van der Waals surface area contributed by atoms with Crippen LogP contribution in [0.15, 0.2) is 18.2 Å². The summed E-state index contributed by atoms with van der Waals surface area (Å²) < 4.78 is 10.4. The van der Waals surface area contributed by atoms with Crippen LogP contribution in [0, 0.1) is 5.41 Å². The third-order valence-electron chi connectivity index (χ3n) is 2.70. The first-order chi connectivity index (χ1) is 7.40. The van der Waals surface area contributed by atoms with Gasteiger partial charge in [0.05, 0.1) is 14.2 Å². The third-order valence-corrected chi connectivity index (χ3v) is 2.70. The molecule has 0 spiro atoms. The summed E-state index contributed by atoms with van der Waals surface area (Å²) in [6.07, 6.45) is 0. The van der Waals surface area contributed by atoms with E-state index in [1.807, 2.05) is 18.2 Å². The standard InChI is InChI=1S/C13H21NO2.ClH/c1-13(2,3)12(14)9-6-7-10(15-4)11(8-9)16-5;/h6-8,12H,14H2,1-5H3;1H. The predicted molar refractivity (Wildman–Crippen MR) is 73.2 cm³/mol. The minimum Gasteiger partial charge on any atom is -0.493 e. The molecular weight excluding hydrogens is 238 g/mol. The Labute approximate surface area is 110 Å². The van der Waals surface area contributed by atoms with E-state index in [4.69, 9.17) is 15.2 Å². The Balaban J connectivity index is 0.00000256. The predicted octanol–water partition coefficient (Wildman–Crippen LogP) is 3.17. The normalized spacial score (nSPS) is 12.6. The Kier molecular flexibility index (Phi) is 5.79. The molecule has 2 N–H and O–H groups in total. The van der Waals surface area contributed by atoms with Crippen molar-refractivity contribution in [2.45, 2.75) is 26.8 Å². The van der Waals surface area contributed by atoms with E-state index in [9.17, 15) is 0 Å². The molecule has 0 aromatic heterocycles. The van der Waals surface area contributed by atoms with Gasteiger partial charge in [-0.25, -0.2) is 0 Å². The van der Waals surface area contributed by atoms with Gasteiger partial charge in [-0.15, -0.1) is 12.4 Å².